The van der Waals surface area contributed by atoms with Gasteiger partial charge in [0.1, 0.15) is 12.3 Å². The van der Waals surface area contributed by atoms with Gasteiger partial charge in [0, 0.05) is 11.1 Å². The van der Waals surface area contributed by atoms with Crippen LogP contribution >= 0.6 is 0 Å². The Hall–Kier alpha value is -3.32. The number of methoxy groups -OCH3 is 1. The summed E-state index contributed by atoms with van der Waals surface area (Å²) in [6.45, 7) is 3.52. The summed E-state index contributed by atoms with van der Waals surface area (Å²) in [6.07, 6.45) is 0. The predicted octanol–water partition coefficient (Wildman–Crippen LogP) is 4.06. The van der Waals surface area contributed by atoms with Crippen molar-refractivity contribution in [2.45, 2.75) is 24.8 Å². The summed E-state index contributed by atoms with van der Waals surface area (Å²) in [5.74, 6) is 0.352. The summed E-state index contributed by atoms with van der Waals surface area (Å²) in [5, 5.41) is 2.90. The van der Waals surface area contributed by atoms with Crippen LogP contribution in [0.1, 0.15) is 24.1 Å². The molecule has 7 heteroatoms. The van der Waals surface area contributed by atoms with Crippen molar-refractivity contribution in [2.75, 3.05) is 18.0 Å². The number of nitrogens with zero attached hydrogens (tertiary/aromatic N) is 1. The molecule has 0 saturated heterocycles. The summed E-state index contributed by atoms with van der Waals surface area (Å²) >= 11 is 0. The highest BCUT2D eigenvalue weighted by Gasteiger charge is 2.36. The first kappa shape index (κ1) is 20.9. The van der Waals surface area contributed by atoms with Crippen LogP contribution < -0.4 is 14.4 Å². The lowest BCUT2D eigenvalue weighted by Crippen LogP contribution is -2.43. The van der Waals surface area contributed by atoms with Crippen LogP contribution in [0.3, 0.4) is 0 Å². The van der Waals surface area contributed by atoms with Crippen molar-refractivity contribution in [1.82, 2.24) is 5.32 Å². The molecule has 160 valence electrons. The Labute approximate surface area is 182 Å². The minimum Gasteiger partial charge on any atom is -0.497 e. The van der Waals surface area contributed by atoms with Crippen LogP contribution in [-0.4, -0.2) is 28.0 Å². The lowest BCUT2D eigenvalue weighted by atomic mass is 10.0. The number of benzene rings is 3. The molecule has 6 nitrogen and oxygen atoms in total. The molecule has 1 aliphatic rings. The van der Waals surface area contributed by atoms with E-state index in [0.29, 0.717) is 11.3 Å². The van der Waals surface area contributed by atoms with E-state index >= 15 is 0 Å². The van der Waals surface area contributed by atoms with Gasteiger partial charge in [0.05, 0.1) is 23.7 Å². The van der Waals surface area contributed by atoms with Gasteiger partial charge in [-0.1, -0.05) is 42.0 Å². The number of ether oxygens (including phenoxy) is 1. The van der Waals surface area contributed by atoms with Crippen molar-refractivity contribution >= 4 is 21.6 Å². The maximum Gasteiger partial charge on any atom is 0.265 e. The predicted molar refractivity (Wildman–Crippen MR) is 121 cm³/mol. The molecule has 1 atom stereocenters. The van der Waals surface area contributed by atoms with Gasteiger partial charge in [0.2, 0.25) is 5.91 Å². The van der Waals surface area contributed by atoms with E-state index in [9.17, 15) is 13.2 Å². The normalized spacial score (nSPS) is 14.9. The molecule has 1 amide bonds. The molecule has 1 heterocycles. The standard InChI is InChI=1S/C24H24N2O4S/c1-16-8-13-22-21(14-16)20-6-4-5-7-23(20)31(28,29)26(22)15-24(27)25-17(2)18-9-11-19(30-3)12-10-18/h4-14,17H,15H2,1-3H3,(H,25,27). The third-order valence-corrected chi connectivity index (χ3v) is 7.26. The van der Waals surface area contributed by atoms with Gasteiger partial charge in [-0.25, -0.2) is 8.42 Å². The molecule has 3 aromatic carbocycles. The Morgan fingerprint density at radius 2 is 1.74 bits per heavy atom. The second-order valence-electron chi connectivity index (χ2n) is 7.59. The van der Waals surface area contributed by atoms with Gasteiger partial charge < -0.3 is 10.1 Å². The van der Waals surface area contributed by atoms with Gasteiger partial charge in [-0.3, -0.25) is 9.10 Å². The zero-order chi connectivity index (χ0) is 22.2. The number of sulfonamides is 1. The average Bonchev–Trinajstić information content (AvgIpc) is 2.77. The molecule has 0 aliphatic carbocycles. The molecule has 0 saturated carbocycles. The monoisotopic (exact) mass is 436 g/mol. The first-order valence-electron chi connectivity index (χ1n) is 9.97. The topological polar surface area (TPSA) is 75.7 Å². The molecule has 0 radical (unpaired) electrons. The maximum absolute atomic E-state index is 13.3. The van der Waals surface area contributed by atoms with Crippen molar-refractivity contribution in [1.29, 1.82) is 0 Å². The highest BCUT2D eigenvalue weighted by Crippen LogP contribution is 2.43. The Bertz CT molecular complexity index is 1240. The SMILES string of the molecule is COc1ccc(C(C)NC(=O)CN2c3ccc(C)cc3-c3ccccc3S2(=O)=O)cc1. The number of carbonyl (C=O) groups excluding carboxylic acids is 1. The number of anilines is 1. The first-order valence-corrected chi connectivity index (χ1v) is 11.4. The lowest BCUT2D eigenvalue weighted by molar-refractivity contribution is -0.120. The number of amides is 1. The van der Waals surface area contributed by atoms with Crippen molar-refractivity contribution in [3.05, 3.63) is 77.9 Å². The molecule has 0 bridgehead atoms. The average molecular weight is 437 g/mol. The third kappa shape index (κ3) is 3.88. The fraction of sp³-hybridized carbons (Fsp3) is 0.208. The Kier molecular flexibility index (Phi) is 5.45. The summed E-state index contributed by atoms with van der Waals surface area (Å²) in [5.41, 5.74) is 3.89. The number of carbonyl (C=O) groups is 1. The Morgan fingerprint density at radius 3 is 2.45 bits per heavy atom. The number of hydrogen-bond acceptors (Lipinski definition) is 4. The Balaban J connectivity index is 1.62. The fourth-order valence-corrected chi connectivity index (χ4v) is 5.46. The molecule has 1 unspecified atom stereocenters. The summed E-state index contributed by atoms with van der Waals surface area (Å²) in [6, 6.07) is 19.6. The zero-order valence-electron chi connectivity index (χ0n) is 17.6. The highest BCUT2D eigenvalue weighted by atomic mass is 32.2. The molecule has 1 N–H and O–H groups in total. The molecule has 4 rings (SSSR count). The molecule has 3 aromatic rings. The van der Waals surface area contributed by atoms with Gasteiger partial charge in [0.25, 0.3) is 10.0 Å². The molecule has 0 fully saturated rings. The maximum atomic E-state index is 13.3. The number of fused-ring (bicyclic) bond motifs is 3. The van der Waals surface area contributed by atoms with E-state index < -0.39 is 10.0 Å². The Morgan fingerprint density at radius 1 is 1.03 bits per heavy atom. The van der Waals surface area contributed by atoms with Gasteiger partial charge >= 0.3 is 0 Å². The highest BCUT2D eigenvalue weighted by molar-refractivity contribution is 7.93. The number of nitrogens with one attached hydrogen (secondary N) is 1. The van der Waals surface area contributed by atoms with Crippen LogP contribution in [-0.2, 0) is 14.8 Å². The van der Waals surface area contributed by atoms with Gasteiger partial charge in [-0.15, -0.1) is 0 Å². The van der Waals surface area contributed by atoms with Crippen LogP contribution in [0.2, 0.25) is 0 Å². The zero-order valence-corrected chi connectivity index (χ0v) is 18.4. The minimum absolute atomic E-state index is 0.212. The van der Waals surface area contributed by atoms with E-state index in [2.05, 4.69) is 5.32 Å². The van der Waals surface area contributed by atoms with Crippen LogP contribution in [0.25, 0.3) is 11.1 Å². The minimum atomic E-state index is -3.86. The van der Waals surface area contributed by atoms with Crippen molar-refractivity contribution in [3.8, 4) is 16.9 Å². The van der Waals surface area contributed by atoms with Crippen LogP contribution in [0.5, 0.6) is 5.75 Å². The number of hydrogen-bond donors (Lipinski definition) is 1. The summed E-state index contributed by atoms with van der Waals surface area (Å²) < 4.78 is 33.0. The molecular weight excluding hydrogens is 412 g/mol. The van der Waals surface area contributed by atoms with Crippen LogP contribution in [0.15, 0.2) is 71.6 Å². The van der Waals surface area contributed by atoms with Gasteiger partial charge in [-0.2, -0.15) is 0 Å². The van der Waals surface area contributed by atoms with E-state index in [1.54, 1.807) is 31.4 Å². The summed E-state index contributed by atoms with van der Waals surface area (Å²) in [7, 11) is -2.26. The second kappa shape index (κ2) is 8.07. The molecule has 0 spiro atoms. The lowest BCUT2D eigenvalue weighted by Gasteiger charge is -2.32. The fourth-order valence-electron chi connectivity index (χ4n) is 3.81. The van der Waals surface area contributed by atoms with E-state index in [0.717, 1.165) is 22.4 Å². The molecule has 31 heavy (non-hydrogen) atoms. The van der Waals surface area contributed by atoms with Crippen molar-refractivity contribution in [2.24, 2.45) is 0 Å². The van der Waals surface area contributed by atoms with E-state index in [1.165, 1.54) is 4.31 Å². The van der Waals surface area contributed by atoms with Crippen molar-refractivity contribution in [3.63, 3.8) is 0 Å². The largest absolute Gasteiger partial charge is 0.497 e. The smallest absolute Gasteiger partial charge is 0.265 e. The van der Waals surface area contributed by atoms with E-state index in [1.807, 2.05) is 56.3 Å². The number of rotatable bonds is 5. The second-order valence-corrected chi connectivity index (χ2v) is 9.42. The van der Waals surface area contributed by atoms with Crippen LogP contribution in [0, 0.1) is 6.92 Å². The summed E-state index contributed by atoms with van der Waals surface area (Å²) in [4.78, 5) is 13.1. The molecular formula is C24H24N2O4S. The van der Waals surface area contributed by atoms with E-state index in [-0.39, 0.29) is 23.4 Å². The number of aryl methyl sites for hydroxylation is 1. The molecule has 0 aromatic heterocycles. The third-order valence-electron chi connectivity index (χ3n) is 5.45. The van der Waals surface area contributed by atoms with Gasteiger partial charge in [-0.05, 0) is 49.7 Å². The van der Waals surface area contributed by atoms with Gasteiger partial charge in [0.15, 0.2) is 0 Å². The van der Waals surface area contributed by atoms with E-state index in [4.69, 9.17) is 4.74 Å². The molecule has 1 aliphatic heterocycles. The van der Waals surface area contributed by atoms with Crippen LogP contribution in [0.4, 0.5) is 5.69 Å². The quantitative estimate of drug-likeness (QED) is 0.655. The van der Waals surface area contributed by atoms with Crippen molar-refractivity contribution < 1.29 is 17.9 Å². The first-order chi connectivity index (χ1) is 14.8.